The lowest BCUT2D eigenvalue weighted by atomic mass is 10.1. The Morgan fingerprint density at radius 3 is 1.74 bits per heavy atom. The van der Waals surface area contributed by atoms with Crippen LogP contribution in [0.5, 0.6) is 0 Å². The Morgan fingerprint density at radius 2 is 1.16 bits per heavy atom. The van der Waals surface area contributed by atoms with Crippen molar-refractivity contribution < 1.29 is 9.09 Å². The van der Waals surface area contributed by atoms with Crippen LogP contribution >= 0.6 is 8.03 Å². The molecule has 0 aliphatic rings. The van der Waals surface area contributed by atoms with Crippen molar-refractivity contribution in [2.45, 2.75) is 90.9 Å². The van der Waals surface area contributed by atoms with E-state index >= 15 is 0 Å². The molecule has 0 amide bonds. The molecule has 1 atom stereocenters. The molecule has 2 nitrogen and oxygen atoms in total. The van der Waals surface area contributed by atoms with Crippen LogP contribution in [0.3, 0.4) is 0 Å². The molecule has 0 rings (SSSR count). The van der Waals surface area contributed by atoms with Gasteiger partial charge in [-0.2, -0.15) is 0 Å². The molecule has 3 heteroatoms. The van der Waals surface area contributed by atoms with Crippen molar-refractivity contribution in [3.05, 3.63) is 0 Å². The number of hydrogen-bond donors (Lipinski definition) is 0. The molecular weight excluding hydrogens is 255 g/mol. The molecule has 0 saturated heterocycles. The maximum Gasteiger partial charge on any atom is 0.191 e. The smallest absolute Gasteiger partial charge is 0.191 e. The first-order valence-electron chi connectivity index (χ1n) is 8.46. The van der Waals surface area contributed by atoms with E-state index in [2.05, 4.69) is 13.8 Å². The quantitative estimate of drug-likeness (QED) is 0.265. The third kappa shape index (κ3) is 16.1. The van der Waals surface area contributed by atoms with Crippen molar-refractivity contribution in [2.75, 3.05) is 12.8 Å². The maximum absolute atomic E-state index is 11.6. The van der Waals surface area contributed by atoms with Gasteiger partial charge in [0.25, 0.3) is 0 Å². The second-order valence-corrected chi connectivity index (χ2v) is 7.04. The maximum atomic E-state index is 11.6. The third-order valence-electron chi connectivity index (χ3n) is 3.50. The molecule has 0 aromatic carbocycles. The fraction of sp³-hybridized carbons (Fsp3) is 1.00. The normalized spacial score (nSPS) is 12.7. The highest BCUT2D eigenvalue weighted by atomic mass is 31.1. The van der Waals surface area contributed by atoms with Gasteiger partial charge in [-0.25, -0.2) is 0 Å². The zero-order chi connectivity index (χ0) is 14.2. The Bertz CT molecular complexity index is 195. The van der Waals surface area contributed by atoms with E-state index in [4.69, 9.17) is 4.52 Å². The van der Waals surface area contributed by atoms with Crippen molar-refractivity contribution in [1.29, 1.82) is 0 Å². The van der Waals surface area contributed by atoms with Gasteiger partial charge >= 0.3 is 0 Å². The molecular formula is C16H35O2P. The minimum Gasteiger partial charge on any atom is -0.330 e. The second kappa shape index (κ2) is 16.2. The predicted molar refractivity (Wildman–Crippen MR) is 86.6 cm³/mol. The van der Waals surface area contributed by atoms with Crippen LogP contribution in [0, 0.1) is 0 Å². The highest BCUT2D eigenvalue weighted by Crippen LogP contribution is 2.25. The Kier molecular flexibility index (Phi) is 16.4. The number of rotatable bonds is 15. The minimum atomic E-state index is -1.73. The Morgan fingerprint density at radius 1 is 0.684 bits per heavy atom. The summed E-state index contributed by atoms with van der Waals surface area (Å²) < 4.78 is 17.1. The van der Waals surface area contributed by atoms with Crippen LogP contribution in [-0.4, -0.2) is 12.8 Å². The topological polar surface area (TPSA) is 26.3 Å². The Hall–Kier alpha value is 0.190. The first-order valence-corrected chi connectivity index (χ1v) is 9.99. The third-order valence-corrected chi connectivity index (χ3v) is 4.78. The van der Waals surface area contributed by atoms with Crippen molar-refractivity contribution in [2.24, 2.45) is 0 Å². The van der Waals surface area contributed by atoms with Crippen LogP contribution in [-0.2, 0) is 9.09 Å². The van der Waals surface area contributed by atoms with E-state index < -0.39 is 8.03 Å². The van der Waals surface area contributed by atoms with E-state index in [0.717, 1.165) is 19.0 Å². The Labute approximate surface area is 121 Å². The van der Waals surface area contributed by atoms with Gasteiger partial charge in [-0.15, -0.1) is 0 Å². The molecule has 0 saturated carbocycles. The van der Waals surface area contributed by atoms with Gasteiger partial charge in [0.15, 0.2) is 8.03 Å². The van der Waals surface area contributed by atoms with Gasteiger partial charge in [-0.3, -0.25) is 4.57 Å². The van der Waals surface area contributed by atoms with Gasteiger partial charge in [0, 0.05) is 6.16 Å². The predicted octanol–water partition coefficient (Wildman–Crippen LogP) is 6.20. The summed E-state index contributed by atoms with van der Waals surface area (Å²) in [4.78, 5) is 0. The average Bonchev–Trinajstić information content (AvgIpc) is 2.41. The van der Waals surface area contributed by atoms with Crippen molar-refractivity contribution >= 4 is 8.03 Å². The van der Waals surface area contributed by atoms with E-state index in [1.807, 2.05) is 0 Å². The monoisotopic (exact) mass is 290 g/mol. The van der Waals surface area contributed by atoms with Crippen LogP contribution in [0.25, 0.3) is 0 Å². The van der Waals surface area contributed by atoms with E-state index in [0.29, 0.717) is 6.61 Å². The van der Waals surface area contributed by atoms with Gasteiger partial charge in [-0.05, 0) is 12.8 Å². The second-order valence-electron chi connectivity index (χ2n) is 5.51. The first kappa shape index (κ1) is 19.2. The van der Waals surface area contributed by atoms with Gasteiger partial charge < -0.3 is 4.52 Å². The average molecular weight is 290 g/mol. The SMILES string of the molecule is CCCCCCCCO[PH](=O)CCCCCCCC. The van der Waals surface area contributed by atoms with E-state index in [-0.39, 0.29) is 0 Å². The molecule has 0 N–H and O–H groups in total. The van der Waals surface area contributed by atoms with Gasteiger partial charge in [0.1, 0.15) is 0 Å². The summed E-state index contributed by atoms with van der Waals surface area (Å²) in [6.45, 7) is 5.17. The highest BCUT2D eigenvalue weighted by molar-refractivity contribution is 7.39. The molecule has 0 aromatic rings. The molecule has 116 valence electrons. The molecule has 0 fully saturated rings. The highest BCUT2D eigenvalue weighted by Gasteiger charge is 2.00. The lowest BCUT2D eigenvalue weighted by Crippen LogP contribution is -1.90. The minimum absolute atomic E-state index is 0.708. The largest absolute Gasteiger partial charge is 0.330 e. The molecule has 0 bridgehead atoms. The van der Waals surface area contributed by atoms with Crippen LogP contribution in [0.2, 0.25) is 0 Å². The molecule has 0 heterocycles. The van der Waals surface area contributed by atoms with Crippen molar-refractivity contribution in [3.8, 4) is 0 Å². The van der Waals surface area contributed by atoms with Crippen molar-refractivity contribution in [3.63, 3.8) is 0 Å². The molecule has 0 radical (unpaired) electrons. The lowest BCUT2D eigenvalue weighted by Gasteiger charge is -2.05. The fourth-order valence-electron chi connectivity index (χ4n) is 2.19. The summed E-state index contributed by atoms with van der Waals surface area (Å²) in [5, 5.41) is 0. The number of hydrogen-bond acceptors (Lipinski definition) is 2. The molecule has 0 aliphatic carbocycles. The van der Waals surface area contributed by atoms with Gasteiger partial charge in [-0.1, -0.05) is 78.1 Å². The lowest BCUT2D eigenvalue weighted by molar-refractivity contribution is 0.315. The zero-order valence-corrected chi connectivity index (χ0v) is 14.2. The van der Waals surface area contributed by atoms with Crippen molar-refractivity contribution in [1.82, 2.24) is 0 Å². The molecule has 1 unspecified atom stereocenters. The van der Waals surface area contributed by atoms with Gasteiger partial charge in [0.05, 0.1) is 6.61 Å². The van der Waals surface area contributed by atoms with E-state index in [1.165, 1.54) is 64.2 Å². The molecule has 0 aliphatic heterocycles. The summed E-state index contributed by atoms with van der Waals surface area (Å²) in [6.07, 6.45) is 15.9. The molecule has 0 spiro atoms. The molecule has 19 heavy (non-hydrogen) atoms. The zero-order valence-electron chi connectivity index (χ0n) is 13.2. The molecule has 0 aromatic heterocycles. The summed E-state index contributed by atoms with van der Waals surface area (Å²) >= 11 is 0. The van der Waals surface area contributed by atoms with E-state index in [9.17, 15) is 4.57 Å². The first-order chi connectivity index (χ1) is 9.31. The van der Waals surface area contributed by atoms with Crippen LogP contribution in [0.1, 0.15) is 90.9 Å². The summed E-state index contributed by atoms with van der Waals surface area (Å²) in [5.74, 6) is 0. The summed E-state index contributed by atoms with van der Waals surface area (Å²) in [5.41, 5.74) is 0. The van der Waals surface area contributed by atoms with Crippen LogP contribution in [0.4, 0.5) is 0 Å². The number of unbranched alkanes of at least 4 members (excludes halogenated alkanes) is 10. The summed E-state index contributed by atoms with van der Waals surface area (Å²) in [7, 11) is -1.73. The summed E-state index contributed by atoms with van der Waals surface area (Å²) in [6, 6.07) is 0. The van der Waals surface area contributed by atoms with Crippen LogP contribution < -0.4 is 0 Å². The fourth-order valence-corrected chi connectivity index (χ4v) is 3.25. The standard InChI is InChI=1S/C16H35O2P/c1-3-5-7-9-11-13-15-18-19(17)16-14-12-10-8-6-4-2/h19H,3-16H2,1-2H3. The van der Waals surface area contributed by atoms with Crippen LogP contribution in [0.15, 0.2) is 0 Å². The van der Waals surface area contributed by atoms with E-state index in [1.54, 1.807) is 0 Å². The Balaban J connectivity index is 3.13. The van der Waals surface area contributed by atoms with Gasteiger partial charge in [0.2, 0.25) is 0 Å².